The van der Waals surface area contributed by atoms with Gasteiger partial charge in [-0.25, -0.2) is 0 Å². The van der Waals surface area contributed by atoms with Crippen molar-refractivity contribution in [1.82, 2.24) is 10.2 Å². The van der Waals surface area contributed by atoms with Gasteiger partial charge in [0.05, 0.1) is 0 Å². The molecular formula is C16H28N2S. The van der Waals surface area contributed by atoms with Crippen molar-refractivity contribution in [2.75, 3.05) is 20.1 Å². The quantitative estimate of drug-likeness (QED) is 0.885. The van der Waals surface area contributed by atoms with E-state index in [4.69, 9.17) is 0 Å². The molecular weight excluding hydrogens is 252 g/mol. The van der Waals surface area contributed by atoms with Gasteiger partial charge in [0.25, 0.3) is 0 Å². The first-order valence-corrected chi connectivity index (χ1v) is 8.45. The molecule has 1 aromatic rings. The smallest absolute Gasteiger partial charge is 0.0478 e. The molecule has 108 valence electrons. The maximum atomic E-state index is 3.63. The molecule has 1 aliphatic rings. The van der Waals surface area contributed by atoms with E-state index in [-0.39, 0.29) is 0 Å². The number of likely N-dealkylation sites (tertiary alicyclic amines) is 1. The summed E-state index contributed by atoms with van der Waals surface area (Å²) < 4.78 is 0. The molecule has 2 nitrogen and oxygen atoms in total. The normalized spacial score (nSPS) is 25.1. The van der Waals surface area contributed by atoms with Gasteiger partial charge in [0.2, 0.25) is 0 Å². The number of nitrogens with zero attached hydrogens (tertiary/aromatic N) is 1. The van der Waals surface area contributed by atoms with Gasteiger partial charge in [-0.05, 0) is 50.9 Å². The van der Waals surface area contributed by atoms with E-state index in [9.17, 15) is 0 Å². The Morgan fingerprint density at radius 1 is 1.42 bits per heavy atom. The van der Waals surface area contributed by atoms with Crippen molar-refractivity contribution < 1.29 is 0 Å². The van der Waals surface area contributed by atoms with E-state index in [1.165, 1.54) is 24.3 Å². The summed E-state index contributed by atoms with van der Waals surface area (Å²) in [6, 6.07) is 5.88. The van der Waals surface area contributed by atoms with Gasteiger partial charge in [-0.3, -0.25) is 4.90 Å². The van der Waals surface area contributed by atoms with Crippen LogP contribution in [0.1, 0.15) is 49.4 Å². The van der Waals surface area contributed by atoms with E-state index in [2.05, 4.69) is 50.2 Å². The largest absolute Gasteiger partial charge is 0.314 e. The van der Waals surface area contributed by atoms with E-state index < -0.39 is 0 Å². The lowest BCUT2D eigenvalue weighted by molar-refractivity contribution is 0.121. The second-order valence-corrected chi connectivity index (χ2v) is 7.25. The number of aryl methyl sites for hydroxylation is 1. The number of piperidine rings is 1. The van der Waals surface area contributed by atoms with Gasteiger partial charge in [0.15, 0.2) is 0 Å². The third kappa shape index (κ3) is 3.80. The monoisotopic (exact) mass is 280 g/mol. The summed E-state index contributed by atoms with van der Waals surface area (Å²) >= 11 is 2.01. The summed E-state index contributed by atoms with van der Waals surface area (Å²) in [6.45, 7) is 9.11. The van der Waals surface area contributed by atoms with Gasteiger partial charge < -0.3 is 5.32 Å². The molecule has 2 unspecified atom stereocenters. The van der Waals surface area contributed by atoms with Crippen molar-refractivity contribution in [2.45, 2.75) is 52.1 Å². The lowest BCUT2D eigenvalue weighted by Gasteiger charge is -2.39. The van der Waals surface area contributed by atoms with E-state index >= 15 is 0 Å². The predicted octanol–water partition coefficient (Wildman–Crippen LogP) is 3.69. The number of rotatable bonds is 5. The molecule has 2 atom stereocenters. The Morgan fingerprint density at radius 2 is 2.21 bits per heavy atom. The second-order valence-electron chi connectivity index (χ2n) is 6.05. The zero-order chi connectivity index (χ0) is 13.8. The highest BCUT2D eigenvalue weighted by molar-refractivity contribution is 7.12. The van der Waals surface area contributed by atoms with Gasteiger partial charge in [0.1, 0.15) is 0 Å². The topological polar surface area (TPSA) is 15.3 Å². The minimum atomic E-state index is 0.586. The molecule has 3 heteroatoms. The fourth-order valence-electron chi connectivity index (χ4n) is 3.05. The SMILES string of the molecule is CCc1ccc(C2C(CNC(C)C)CCCN2C)s1. The molecule has 0 aliphatic carbocycles. The Kier molecular flexibility index (Phi) is 5.43. The summed E-state index contributed by atoms with van der Waals surface area (Å²) in [5.74, 6) is 0.754. The van der Waals surface area contributed by atoms with Crippen LogP contribution in [0.15, 0.2) is 12.1 Å². The highest BCUT2D eigenvalue weighted by Gasteiger charge is 2.31. The average Bonchev–Trinajstić information content (AvgIpc) is 2.84. The molecule has 1 N–H and O–H groups in total. The molecule has 0 saturated carbocycles. The van der Waals surface area contributed by atoms with Crippen molar-refractivity contribution in [2.24, 2.45) is 5.92 Å². The first-order valence-electron chi connectivity index (χ1n) is 7.64. The molecule has 0 bridgehead atoms. The standard InChI is InChI=1S/C16H28N2S/c1-5-14-8-9-15(19-14)16-13(11-17-12(2)3)7-6-10-18(16)4/h8-9,12-13,16-17H,5-7,10-11H2,1-4H3. The van der Waals surface area contributed by atoms with Crippen LogP contribution in [0.25, 0.3) is 0 Å². The van der Waals surface area contributed by atoms with Crippen molar-refractivity contribution >= 4 is 11.3 Å². The minimum absolute atomic E-state index is 0.586. The highest BCUT2D eigenvalue weighted by Crippen LogP contribution is 2.38. The molecule has 2 heterocycles. The summed E-state index contributed by atoms with van der Waals surface area (Å²) in [5, 5.41) is 3.63. The van der Waals surface area contributed by atoms with Crippen LogP contribution in [0.4, 0.5) is 0 Å². The van der Waals surface area contributed by atoms with E-state index in [1.54, 1.807) is 4.88 Å². The average molecular weight is 280 g/mol. The summed E-state index contributed by atoms with van der Waals surface area (Å²) in [7, 11) is 2.29. The van der Waals surface area contributed by atoms with E-state index in [1.807, 2.05) is 11.3 Å². The molecule has 1 fully saturated rings. The highest BCUT2D eigenvalue weighted by atomic mass is 32.1. The summed E-state index contributed by atoms with van der Waals surface area (Å²) in [5.41, 5.74) is 0. The molecule has 0 spiro atoms. The Labute approximate surface area is 122 Å². The van der Waals surface area contributed by atoms with Crippen LogP contribution in [-0.4, -0.2) is 31.1 Å². The fourth-order valence-corrected chi connectivity index (χ4v) is 4.27. The zero-order valence-electron chi connectivity index (χ0n) is 12.8. The maximum absolute atomic E-state index is 3.63. The molecule has 0 radical (unpaired) electrons. The maximum Gasteiger partial charge on any atom is 0.0478 e. The fraction of sp³-hybridized carbons (Fsp3) is 0.750. The van der Waals surface area contributed by atoms with Gasteiger partial charge >= 0.3 is 0 Å². The van der Waals surface area contributed by atoms with Gasteiger partial charge in [-0.2, -0.15) is 0 Å². The summed E-state index contributed by atoms with van der Waals surface area (Å²) in [4.78, 5) is 5.64. The minimum Gasteiger partial charge on any atom is -0.314 e. The van der Waals surface area contributed by atoms with Crippen LogP contribution in [0.2, 0.25) is 0 Å². The third-order valence-electron chi connectivity index (χ3n) is 4.12. The van der Waals surface area contributed by atoms with Gasteiger partial charge in [0, 0.05) is 28.4 Å². The predicted molar refractivity (Wildman–Crippen MR) is 84.9 cm³/mol. The lowest BCUT2D eigenvalue weighted by atomic mass is 9.88. The van der Waals surface area contributed by atoms with Crippen LogP contribution in [0.3, 0.4) is 0 Å². The lowest BCUT2D eigenvalue weighted by Crippen LogP contribution is -2.41. The van der Waals surface area contributed by atoms with Crippen molar-refractivity contribution in [1.29, 1.82) is 0 Å². The first-order chi connectivity index (χ1) is 9.11. The molecule has 1 saturated heterocycles. The zero-order valence-corrected chi connectivity index (χ0v) is 13.6. The number of thiophene rings is 1. The molecule has 0 amide bonds. The van der Waals surface area contributed by atoms with Gasteiger partial charge in [-0.1, -0.05) is 20.8 Å². The Bertz CT molecular complexity index is 386. The Balaban J connectivity index is 2.11. The second kappa shape index (κ2) is 6.87. The van der Waals surface area contributed by atoms with Crippen molar-refractivity contribution in [3.8, 4) is 0 Å². The van der Waals surface area contributed by atoms with Crippen LogP contribution in [-0.2, 0) is 6.42 Å². The first kappa shape index (κ1) is 15.0. The van der Waals surface area contributed by atoms with Crippen molar-refractivity contribution in [3.63, 3.8) is 0 Å². The van der Waals surface area contributed by atoms with Crippen LogP contribution < -0.4 is 5.32 Å². The molecule has 1 aromatic heterocycles. The van der Waals surface area contributed by atoms with E-state index in [0.717, 1.165) is 18.9 Å². The van der Waals surface area contributed by atoms with Crippen LogP contribution in [0.5, 0.6) is 0 Å². The van der Waals surface area contributed by atoms with Gasteiger partial charge in [-0.15, -0.1) is 11.3 Å². The third-order valence-corrected chi connectivity index (χ3v) is 5.42. The van der Waals surface area contributed by atoms with Crippen LogP contribution >= 0.6 is 11.3 Å². The van der Waals surface area contributed by atoms with Crippen molar-refractivity contribution in [3.05, 3.63) is 21.9 Å². The molecule has 19 heavy (non-hydrogen) atoms. The Hall–Kier alpha value is -0.380. The molecule has 2 rings (SSSR count). The Morgan fingerprint density at radius 3 is 2.84 bits per heavy atom. The number of hydrogen-bond acceptors (Lipinski definition) is 3. The molecule has 0 aromatic carbocycles. The summed E-state index contributed by atoms with van der Waals surface area (Å²) in [6.07, 6.45) is 3.85. The van der Waals surface area contributed by atoms with E-state index in [0.29, 0.717) is 12.1 Å². The number of hydrogen-bond donors (Lipinski definition) is 1. The van der Waals surface area contributed by atoms with Crippen LogP contribution in [0, 0.1) is 5.92 Å². The number of nitrogens with one attached hydrogen (secondary N) is 1. The molecule has 1 aliphatic heterocycles.